The van der Waals surface area contributed by atoms with Crippen molar-refractivity contribution in [3.8, 4) is 16.9 Å². The molecule has 0 aliphatic heterocycles. The van der Waals surface area contributed by atoms with Gasteiger partial charge < -0.3 is 4.74 Å². The smallest absolute Gasteiger partial charge is 0.168 e. The Bertz CT molecular complexity index is 1070. The summed E-state index contributed by atoms with van der Waals surface area (Å²) in [5.41, 5.74) is 4.28. The number of hydrogen-bond donors (Lipinski definition) is 0. The van der Waals surface area contributed by atoms with Crippen LogP contribution in [0.15, 0.2) is 49.1 Å². The van der Waals surface area contributed by atoms with E-state index >= 15 is 0 Å². The van der Waals surface area contributed by atoms with Crippen LogP contribution in [-0.4, -0.2) is 31.5 Å². The molecule has 0 aliphatic rings. The fourth-order valence-electron chi connectivity index (χ4n) is 3.18. The zero-order valence-corrected chi connectivity index (χ0v) is 14.6. The first kappa shape index (κ1) is 16.3. The van der Waals surface area contributed by atoms with Crippen LogP contribution in [0.4, 0.5) is 4.39 Å². The van der Waals surface area contributed by atoms with E-state index in [1.165, 1.54) is 6.07 Å². The van der Waals surface area contributed by atoms with Crippen molar-refractivity contribution in [2.45, 2.75) is 12.8 Å². The molecule has 6 nitrogen and oxygen atoms in total. The van der Waals surface area contributed by atoms with Gasteiger partial charge in [0.15, 0.2) is 5.65 Å². The van der Waals surface area contributed by atoms with Crippen molar-refractivity contribution in [1.29, 1.82) is 0 Å². The van der Waals surface area contributed by atoms with Crippen molar-refractivity contribution in [3.63, 3.8) is 0 Å². The third-order valence-corrected chi connectivity index (χ3v) is 4.48. The van der Waals surface area contributed by atoms with E-state index in [1.807, 2.05) is 29.8 Å². The molecule has 4 rings (SSSR count). The lowest BCUT2D eigenvalue weighted by molar-refractivity contribution is 0.404. The van der Waals surface area contributed by atoms with Gasteiger partial charge in [0.2, 0.25) is 0 Å². The summed E-state index contributed by atoms with van der Waals surface area (Å²) in [7, 11) is 3.43. The van der Waals surface area contributed by atoms with Crippen LogP contribution in [0.25, 0.3) is 16.8 Å². The number of aromatic nitrogens is 5. The van der Waals surface area contributed by atoms with E-state index in [-0.39, 0.29) is 5.82 Å². The van der Waals surface area contributed by atoms with Crippen molar-refractivity contribution in [1.82, 2.24) is 24.4 Å². The van der Waals surface area contributed by atoms with E-state index in [0.29, 0.717) is 24.2 Å². The minimum absolute atomic E-state index is 0.253. The topological polar surface area (TPSA) is 57.2 Å². The summed E-state index contributed by atoms with van der Waals surface area (Å²) >= 11 is 0. The number of aryl methyl sites for hydroxylation is 2. The number of pyridine rings is 1. The predicted octanol–water partition coefficient (Wildman–Crippen LogP) is 3.06. The molecule has 0 aliphatic carbocycles. The summed E-state index contributed by atoms with van der Waals surface area (Å²) in [6.45, 7) is 0. The second kappa shape index (κ2) is 6.59. The maximum atomic E-state index is 14.2. The molecule has 0 unspecified atom stereocenters. The van der Waals surface area contributed by atoms with Crippen molar-refractivity contribution in [3.05, 3.63) is 66.1 Å². The molecule has 7 heteroatoms. The van der Waals surface area contributed by atoms with Gasteiger partial charge in [0.05, 0.1) is 13.3 Å². The number of benzene rings is 1. The van der Waals surface area contributed by atoms with Gasteiger partial charge >= 0.3 is 0 Å². The molecule has 0 spiro atoms. The minimum atomic E-state index is -0.253. The highest BCUT2D eigenvalue weighted by molar-refractivity contribution is 5.76. The van der Waals surface area contributed by atoms with Gasteiger partial charge in [-0.3, -0.25) is 9.08 Å². The third-order valence-electron chi connectivity index (χ3n) is 4.48. The molecule has 0 saturated heterocycles. The summed E-state index contributed by atoms with van der Waals surface area (Å²) in [6, 6.07) is 8.91. The summed E-state index contributed by atoms with van der Waals surface area (Å²) in [5.74, 6) is 0.313. The van der Waals surface area contributed by atoms with Gasteiger partial charge in [-0.2, -0.15) is 5.10 Å². The predicted molar refractivity (Wildman–Crippen MR) is 95.5 cm³/mol. The maximum Gasteiger partial charge on any atom is 0.168 e. The van der Waals surface area contributed by atoms with Gasteiger partial charge in [0.1, 0.15) is 17.9 Å². The molecule has 0 saturated carbocycles. The number of hydrogen-bond acceptors (Lipinski definition) is 4. The van der Waals surface area contributed by atoms with E-state index in [9.17, 15) is 4.39 Å². The quantitative estimate of drug-likeness (QED) is 0.554. The second-order valence-corrected chi connectivity index (χ2v) is 6.09. The summed E-state index contributed by atoms with van der Waals surface area (Å²) < 4.78 is 23.1. The Kier molecular flexibility index (Phi) is 4.12. The molecular formula is C19H18FN5O. The number of halogens is 1. The van der Waals surface area contributed by atoms with Gasteiger partial charge in [-0.25, -0.2) is 4.39 Å². The van der Waals surface area contributed by atoms with Crippen molar-refractivity contribution in [2.24, 2.45) is 7.05 Å². The largest absolute Gasteiger partial charge is 0.496 e. The van der Waals surface area contributed by atoms with Crippen molar-refractivity contribution < 1.29 is 9.13 Å². The molecule has 132 valence electrons. The van der Waals surface area contributed by atoms with Gasteiger partial charge in [-0.1, -0.05) is 6.07 Å². The molecule has 4 aromatic rings. The molecule has 0 radical (unpaired) electrons. The van der Waals surface area contributed by atoms with E-state index < -0.39 is 0 Å². The van der Waals surface area contributed by atoms with Crippen LogP contribution in [0.5, 0.6) is 5.75 Å². The first-order chi connectivity index (χ1) is 12.7. The third kappa shape index (κ3) is 2.81. The number of nitrogens with zero attached hydrogens (tertiary/aromatic N) is 5. The Morgan fingerprint density at radius 1 is 1.15 bits per heavy atom. The van der Waals surface area contributed by atoms with E-state index in [4.69, 9.17) is 4.74 Å². The molecule has 0 amide bonds. The highest BCUT2D eigenvalue weighted by Gasteiger charge is 2.13. The van der Waals surface area contributed by atoms with E-state index in [1.54, 1.807) is 36.4 Å². The number of methoxy groups -OCH3 is 1. The fourth-order valence-corrected chi connectivity index (χ4v) is 3.18. The van der Waals surface area contributed by atoms with Crippen LogP contribution in [0.2, 0.25) is 0 Å². The van der Waals surface area contributed by atoms with Crippen LogP contribution in [0, 0.1) is 5.82 Å². The Hall–Kier alpha value is -3.22. The van der Waals surface area contributed by atoms with Crippen LogP contribution in [-0.2, 0) is 19.9 Å². The van der Waals surface area contributed by atoms with Crippen LogP contribution < -0.4 is 4.74 Å². The Morgan fingerprint density at radius 2 is 2.04 bits per heavy atom. The summed E-state index contributed by atoms with van der Waals surface area (Å²) in [4.78, 5) is 0. The molecule has 0 bridgehead atoms. The number of ether oxygens (including phenoxy) is 1. The van der Waals surface area contributed by atoms with Crippen LogP contribution >= 0.6 is 0 Å². The minimum Gasteiger partial charge on any atom is -0.496 e. The lowest BCUT2D eigenvalue weighted by Crippen LogP contribution is -2.03. The first-order valence-electron chi connectivity index (χ1n) is 8.29. The fraction of sp³-hybridized carbons (Fsp3) is 0.211. The van der Waals surface area contributed by atoms with Gasteiger partial charge in [-0.05, 0) is 37.1 Å². The molecule has 0 fully saturated rings. The number of fused-ring (bicyclic) bond motifs is 1. The van der Waals surface area contributed by atoms with Gasteiger partial charge in [0, 0.05) is 35.6 Å². The van der Waals surface area contributed by atoms with E-state index in [2.05, 4.69) is 15.3 Å². The standard InChI is InChI=1S/C19H18FN5O/c1-24-11-13(10-22-24)15-8-6-14(25-12-21-23-19(15)25)7-9-16-17(20)4-3-5-18(16)26-2/h3-6,8,10-12H,7,9H2,1-2H3. The van der Waals surface area contributed by atoms with Crippen LogP contribution in [0.1, 0.15) is 11.3 Å². The lowest BCUT2D eigenvalue weighted by Gasteiger charge is -2.11. The first-order valence-corrected chi connectivity index (χ1v) is 8.29. The molecule has 26 heavy (non-hydrogen) atoms. The highest BCUT2D eigenvalue weighted by atomic mass is 19.1. The number of rotatable bonds is 5. The SMILES string of the molecule is COc1cccc(F)c1CCc1ccc(-c2cnn(C)c2)c2nncn12. The molecular weight excluding hydrogens is 333 g/mol. The Morgan fingerprint density at radius 3 is 2.81 bits per heavy atom. The average Bonchev–Trinajstić information content (AvgIpc) is 3.29. The lowest BCUT2D eigenvalue weighted by atomic mass is 10.0. The second-order valence-electron chi connectivity index (χ2n) is 6.09. The summed E-state index contributed by atoms with van der Waals surface area (Å²) in [5, 5.41) is 12.5. The monoisotopic (exact) mass is 351 g/mol. The van der Waals surface area contributed by atoms with Crippen molar-refractivity contribution in [2.75, 3.05) is 7.11 Å². The molecule has 0 N–H and O–H groups in total. The van der Waals surface area contributed by atoms with Crippen LogP contribution in [0.3, 0.4) is 0 Å². The van der Waals surface area contributed by atoms with Gasteiger partial charge in [-0.15, -0.1) is 10.2 Å². The molecule has 3 heterocycles. The Labute approximate surface area is 149 Å². The molecule has 0 atom stereocenters. The highest BCUT2D eigenvalue weighted by Crippen LogP contribution is 2.26. The average molecular weight is 351 g/mol. The Balaban J connectivity index is 1.68. The normalized spacial score (nSPS) is 11.2. The van der Waals surface area contributed by atoms with Crippen molar-refractivity contribution >= 4 is 5.65 Å². The van der Waals surface area contributed by atoms with E-state index in [0.717, 1.165) is 22.5 Å². The molecule has 3 aromatic heterocycles. The zero-order valence-electron chi connectivity index (χ0n) is 14.6. The molecule has 1 aromatic carbocycles. The maximum absolute atomic E-state index is 14.2. The zero-order chi connectivity index (χ0) is 18.1. The summed E-state index contributed by atoms with van der Waals surface area (Å²) in [6.07, 6.45) is 6.58. The van der Waals surface area contributed by atoms with Gasteiger partial charge in [0.25, 0.3) is 0 Å².